The number of Topliss-reactive ketones (excluding diaryl/α,β-unsaturated/α-hetero) is 1. The Hall–Kier alpha value is -3.55. The number of nitrogens with one attached hydrogen (secondary N) is 1. The Kier molecular flexibility index (Phi) is 7.38. The van der Waals surface area contributed by atoms with Gasteiger partial charge in [-0.05, 0) is 19.4 Å². The van der Waals surface area contributed by atoms with Crippen molar-refractivity contribution in [2.24, 2.45) is 0 Å². The Morgan fingerprint density at radius 1 is 1.07 bits per heavy atom. The molecule has 0 saturated heterocycles. The zero-order valence-electron chi connectivity index (χ0n) is 15.3. The quantitative estimate of drug-likeness (QED) is 0.306. The molecule has 2 aromatic carbocycles. The van der Waals surface area contributed by atoms with Crippen LogP contribution in [0.4, 0.5) is 11.4 Å². The minimum Gasteiger partial charge on any atom is -0.454 e. The molecule has 2 aromatic rings. The van der Waals surface area contributed by atoms with Crippen LogP contribution in [0.5, 0.6) is 0 Å². The molecule has 0 spiro atoms. The van der Waals surface area contributed by atoms with Gasteiger partial charge in [0.1, 0.15) is 0 Å². The van der Waals surface area contributed by atoms with Crippen LogP contribution in [0.2, 0.25) is 0 Å². The highest BCUT2D eigenvalue weighted by Crippen LogP contribution is 2.17. The van der Waals surface area contributed by atoms with Crippen molar-refractivity contribution in [1.82, 2.24) is 0 Å². The van der Waals surface area contributed by atoms with Crippen LogP contribution in [0.15, 0.2) is 54.6 Å². The molecular weight excluding hydrogens is 364 g/mol. The molecule has 1 N–H and O–H groups in total. The largest absolute Gasteiger partial charge is 0.454 e. The van der Waals surface area contributed by atoms with Crippen LogP contribution in [0.25, 0.3) is 0 Å². The molecule has 8 nitrogen and oxygen atoms in total. The van der Waals surface area contributed by atoms with Crippen molar-refractivity contribution in [3.05, 3.63) is 70.3 Å². The normalized spacial score (nSPS) is 11.3. The van der Waals surface area contributed by atoms with Crippen LogP contribution in [0.3, 0.4) is 0 Å². The second kappa shape index (κ2) is 9.96. The van der Waals surface area contributed by atoms with Gasteiger partial charge in [-0.25, -0.2) is 0 Å². The number of benzene rings is 2. The monoisotopic (exact) mass is 384 g/mol. The Labute approximate surface area is 161 Å². The maximum Gasteiger partial charge on any atom is 0.306 e. The summed E-state index contributed by atoms with van der Waals surface area (Å²) in [5.74, 6) is -1.24. The van der Waals surface area contributed by atoms with Gasteiger partial charge in [0.25, 0.3) is 5.69 Å². The van der Waals surface area contributed by atoms with Crippen LogP contribution < -0.4 is 5.32 Å². The highest BCUT2D eigenvalue weighted by Gasteiger charge is 2.19. The van der Waals surface area contributed by atoms with E-state index in [1.807, 2.05) is 0 Å². The molecule has 0 aliphatic heterocycles. The second-order valence-corrected chi connectivity index (χ2v) is 6.07. The number of nitro benzene ring substituents is 1. The SMILES string of the molecule is CC(OC(=O)CCCC(=O)Nc1cccc([N+](=O)[O-])c1)C(=O)c1ccccc1. The van der Waals surface area contributed by atoms with Crippen LogP contribution in [0.1, 0.15) is 36.5 Å². The van der Waals surface area contributed by atoms with Gasteiger partial charge in [-0.1, -0.05) is 36.4 Å². The zero-order valence-corrected chi connectivity index (χ0v) is 15.3. The Morgan fingerprint density at radius 3 is 2.46 bits per heavy atom. The van der Waals surface area contributed by atoms with E-state index in [-0.39, 0.29) is 36.6 Å². The van der Waals surface area contributed by atoms with Gasteiger partial charge in [0.15, 0.2) is 6.10 Å². The van der Waals surface area contributed by atoms with Gasteiger partial charge < -0.3 is 10.1 Å². The summed E-state index contributed by atoms with van der Waals surface area (Å²) in [6.07, 6.45) is -0.659. The third-order valence-corrected chi connectivity index (χ3v) is 3.86. The van der Waals surface area contributed by atoms with Gasteiger partial charge >= 0.3 is 5.97 Å². The number of ketones is 1. The second-order valence-electron chi connectivity index (χ2n) is 6.07. The predicted molar refractivity (Wildman–Crippen MR) is 102 cm³/mol. The topological polar surface area (TPSA) is 116 Å². The van der Waals surface area contributed by atoms with Gasteiger partial charge in [-0.3, -0.25) is 24.5 Å². The fourth-order valence-corrected chi connectivity index (χ4v) is 2.46. The van der Waals surface area contributed by atoms with E-state index < -0.39 is 17.0 Å². The Morgan fingerprint density at radius 2 is 1.79 bits per heavy atom. The molecule has 2 rings (SSSR count). The lowest BCUT2D eigenvalue weighted by atomic mass is 10.1. The van der Waals surface area contributed by atoms with Gasteiger partial charge in [0.2, 0.25) is 11.7 Å². The summed E-state index contributed by atoms with van der Waals surface area (Å²) in [6.45, 7) is 1.50. The van der Waals surface area contributed by atoms with Crippen LogP contribution in [-0.4, -0.2) is 28.7 Å². The van der Waals surface area contributed by atoms with Crippen molar-refractivity contribution in [1.29, 1.82) is 0 Å². The number of amides is 1. The van der Waals surface area contributed by atoms with E-state index in [2.05, 4.69) is 5.32 Å². The standard InChI is InChI=1S/C20H20N2O6/c1-14(20(25)15-7-3-2-4-8-15)28-19(24)12-6-11-18(23)21-16-9-5-10-17(13-16)22(26)27/h2-5,7-10,13-14H,6,11-12H2,1H3,(H,21,23). The van der Waals surface area contributed by atoms with Crippen LogP contribution >= 0.6 is 0 Å². The van der Waals surface area contributed by atoms with E-state index in [1.165, 1.54) is 31.2 Å². The maximum atomic E-state index is 12.2. The molecular formula is C20H20N2O6. The predicted octanol–water partition coefficient (Wildman–Crippen LogP) is 3.52. The van der Waals surface area contributed by atoms with E-state index in [0.29, 0.717) is 11.3 Å². The molecule has 1 unspecified atom stereocenters. The van der Waals surface area contributed by atoms with Crippen molar-refractivity contribution in [3.63, 3.8) is 0 Å². The Bertz CT molecular complexity index is 866. The molecule has 0 heterocycles. The van der Waals surface area contributed by atoms with Crippen molar-refractivity contribution < 1.29 is 24.0 Å². The lowest BCUT2D eigenvalue weighted by Gasteiger charge is -2.12. The Balaban J connectivity index is 1.74. The molecule has 0 aliphatic rings. The van der Waals surface area contributed by atoms with E-state index in [4.69, 9.17) is 4.74 Å². The lowest BCUT2D eigenvalue weighted by Crippen LogP contribution is -2.24. The number of esters is 1. The van der Waals surface area contributed by atoms with Gasteiger partial charge in [0, 0.05) is 36.2 Å². The number of hydrogen-bond donors (Lipinski definition) is 1. The molecule has 0 aliphatic carbocycles. The van der Waals surface area contributed by atoms with Crippen molar-refractivity contribution in [2.75, 3.05) is 5.32 Å². The number of carbonyl (C=O) groups excluding carboxylic acids is 3. The van der Waals surface area contributed by atoms with E-state index in [1.54, 1.807) is 30.3 Å². The molecule has 0 fully saturated rings. The number of nitrogens with zero attached hydrogens (tertiary/aromatic N) is 1. The molecule has 8 heteroatoms. The number of hydrogen-bond acceptors (Lipinski definition) is 6. The summed E-state index contributed by atoms with van der Waals surface area (Å²) < 4.78 is 5.11. The fraction of sp³-hybridized carbons (Fsp3) is 0.250. The number of rotatable bonds is 9. The molecule has 1 atom stereocenters. The van der Waals surface area contributed by atoms with Crippen molar-refractivity contribution >= 4 is 29.0 Å². The first-order valence-electron chi connectivity index (χ1n) is 8.70. The number of ether oxygens (including phenoxy) is 1. The molecule has 28 heavy (non-hydrogen) atoms. The summed E-state index contributed by atoms with van der Waals surface area (Å²) in [5.41, 5.74) is 0.640. The minimum atomic E-state index is -0.909. The van der Waals surface area contributed by atoms with Crippen LogP contribution in [0, 0.1) is 10.1 Å². The average Bonchev–Trinajstić information content (AvgIpc) is 2.68. The molecule has 0 aromatic heterocycles. The van der Waals surface area contributed by atoms with Gasteiger partial charge in [-0.15, -0.1) is 0 Å². The zero-order chi connectivity index (χ0) is 20.5. The summed E-state index contributed by atoms with van der Waals surface area (Å²) in [7, 11) is 0. The third kappa shape index (κ3) is 6.31. The first kappa shape index (κ1) is 20.8. The third-order valence-electron chi connectivity index (χ3n) is 3.86. The first-order valence-corrected chi connectivity index (χ1v) is 8.70. The van der Waals surface area contributed by atoms with E-state index >= 15 is 0 Å². The number of carbonyl (C=O) groups is 3. The van der Waals surface area contributed by atoms with Gasteiger partial charge in [0.05, 0.1) is 4.92 Å². The lowest BCUT2D eigenvalue weighted by molar-refractivity contribution is -0.384. The number of nitro groups is 1. The molecule has 0 saturated carbocycles. The smallest absolute Gasteiger partial charge is 0.306 e. The first-order chi connectivity index (χ1) is 13.4. The molecule has 1 amide bonds. The summed E-state index contributed by atoms with van der Waals surface area (Å²) >= 11 is 0. The molecule has 146 valence electrons. The maximum absolute atomic E-state index is 12.2. The van der Waals surface area contributed by atoms with Crippen LogP contribution in [-0.2, 0) is 14.3 Å². The average molecular weight is 384 g/mol. The minimum absolute atomic E-state index is 0.0191. The van der Waals surface area contributed by atoms with Crippen molar-refractivity contribution in [3.8, 4) is 0 Å². The molecule has 0 bridgehead atoms. The van der Waals surface area contributed by atoms with E-state index in [9.17, 15) is 24.5 Å². The highest BCUT2D eigenvalue weighted by atomic mass is 16.6. The van der Waals surface area contributed by atoms with Gasteiger partial charge in [-0.2, -0.15) is 0 Å². The summed E-state index contributed by atoms with van der Waals surface area (Å²) in [6, 6.07) is 14.1. The number of anilines is 1. The summed E-state index contributed by atoms with van der Waals surface area (Å²) in [5, 5.41) is 13.3. The molecule has 0 radical (unpaired) electrons. The van der Waals surface area contributed by atoms with Crippen molar-refractivity contribution in [2.45, 2.75) is 32.3 Å². The van der Waals surface area contributed by atoms with E-state index in [0.717, 1.165) is 0 Å². The summed E-state index contributed by atoms with van der Waals surface area (Å²) in [4.78, 5) is 46.1. The fourth-order valence-electron chi connectivity index (χ4n) is 2.46. The number of non-ortho nitro benzene ring substituents is 1. The highest BCUT2D eigenvalue weighted by molar-refractivity contribution is 6.00.